The van der Waals surface area contributed by atoms with Gasteiger partial charge in [0, 0.05) is 31.1 Å². The number of hydrogen-bond donors (Lipinski definition) is 0. The predicted molar refractivity (Wildman–Crippen MR) is 142 cm³/mol. The summed E-state index contributed by atoms with van der Waals surface area (Å²) in [4.78, 5) is 33.3. The normalized spacial score (nSPS) is 37.0. The summed E-state index contributed by atoms with van der Waals surface area (Å²) >= 11 is 0. The molecule has 5 nitrogen and oxygen atoms in total. The highest BCUT2D eigenvalue weighted by Crippen LogP contribution is 2.52. The smallest absolute Gasteiger partial charge is 0.280 e. The predicted octanol–water partition coefficient (Wildman–Crippen LogP) is 6.15. The number of rotatable bonds is 4. The molecule has 0 spiro atoms. The van der Waals surface area contributed by atoms with Crippen LogP contribution >= 0.6 is 0 Å². The number of Topliss-reactive ketones (excluding diaryl/α,β-unsaturated/α-hetero) is 1. The van der Waals surface area contributed by atoms with Crippen LogP contribution in [-0.2, 0) is 0 Å². The number of ketones is 1. The minimum absolute atomic E-state index is 0.0995. The molecule has 1 aromatic carbocycles. The van der Waals surface area contributed by atoms with Gasteiger partial charge in [-0.1, -0.05) is 37.8 Å². The van der Waals surface area contributed by atoms with Crippen LogP contribution in [0.4, 0.5) is 0 Å². The molecule has 4 bridgehead atoms. The molecule has 7 atom stereocenters. The minimum Gasteiger partial charge on any atom is -0.302 e. The van der Waals surface area contributed by atoms with E-state index in [4.69, 9.17) is 0 Å². The fourth-order valence-electron chi connectivity index (χ4n) is 9.35. The summed E-state index contributed by atoms with van der Waals surface area (Å²) in [7, 11) is 0. The first kappa shape index (κ1) is 23.1. The minimum atomic E-state index is -0.230. The van der Waals surface area contributed by atoms with Crippen molar-refractivity contribution in [2.45, 2.75) is 115 Å². The van der Waals surface area contributed by atoms with Crippen molar-refractivity contribution >= 4 is 16.8 Å². The van der Waals surface area contributed by atoms with Crippen molar-refractivity contribution in [1.29, 1.82) is 0 Å². The zero-order valence-corrected chi connectivity index (χ0v) is 21.8. The molecular weight excluding hydrogens is 446 g/mol. The maximum Gasteiger partial charge on any atom is 0.280 e. The molecule has 2 saturated heterocycles. The molecule has 7 rings (SSSR count). The third kappa shape index (κ3) is 3.88. The van der Waals surface area contributed by atoms with E-state index in [1.807, 2.05) is 28.8 Å². The second-order valence-electron chi connectivity index (χ2n) is 13.0. The largest absolute Gasteiger partial charge is 0.302 e. The summed E-state index contributed by atoms with van der Waals surface area (Å²) in [6.07, 6.45) is 17.6. The van der Waals surface area contributed by atoms with Gasteiger partial charge in [0.15, 0.2) is 11.5 Å². The molecule has 2 aliphatic heterocycles. The Balaban J connectivity index is 1.15. The van der Waals surface area contributed by atoms with Crippen LogP contribution < -0.4 is 5.56 Å². The standard InChI is InChI=1S/C31H41N3O2/c1-19(35)30-31(36)34(29-11-3-2-10-28(29)32-30)27-17-24-8-5-9-25(18-27)33(24)26-15-20-12-21(16-26)14-23(13-20)22-6-4-7-22/h2-3,10-11,20-27H,4-9,12-18H2,1H3/t20-,21+,23-,24-,25+,26-,27+. The molecule has 3 saturated carbocycles. The average Bonchev–Trinajstić information content (AvgIpc) is 2.81. The van der Waals surface area contributed by atoms with Crippen molar-refractivity contribution in [3.63, 3.8) is 0 Å². The third-order valence-corrected chi connectivity index (χ3v) is 10.9. The molecule has 36 heavy (non-hydrogen) atoms. The molecule has 0 radical (unpaired) electrons. The molecule has 5 fully saturated rings. The summed E-state index contributed by atoms with van der Waals surface area (Å²) < 4.78 is 1.96. The van der Waals surface area contributed by atoms with E-state index in [1.54, 1.807) is 0 Å². The van der Waals surface area contributed by atoms with Gasteiger partial charge in [-0.05, 0) is 93.6 Å². The fraction of sp³-hybridized carbons (Fsp3) is 0.710. The maximum absolute atomic E-state index is 13.5. The quantitative estimate of drug-likeness (QED) is 0.485. The van der Waals surface area contributed by atoms with E-state index in [0.717, 1.165) is 53.6 Å². The van der Waals surface area contributed by atoms with Crippen LogP contribution in [0.5, 0.6) is 0 Å². The number of aromatic nitrogens is 2. The summed E-state index contributed by atoms with van der Waals surface area (Å²) in [6.45, 7) is 1.47. The van der Waals surface area contributed by atoms with Crippen LogP contribution in [-0.4, -0.2) is 38.4 Å². The molecule has 2 aromatic rings. The van der Waals surface area contributed by atoms with Gasteiger partial charge in [-0.15, -0.1) is 0 Å². The van der Waals surface area contributed by atoms with E-state index >= 15 is 0 Å². The highest BCUT2D eigenvalue weighted by atomic mass is 16.1. The lowest BCUT2D eigenvalue weighted by atomic mass is 9.60. The van der Waals surface area contributed by atoms with Gasteiger partial charge in [-0.3, -0.25) is 14.5 Å². The topological polar surface area (TPSA) is 55.2 Å². The monoisotopic (exact) mass is 487 g/mol. The van der Waals surface area contributed by atoms with Crippen LogP contribution in [0.2, 0.25) is 0 Å². The summed E-state index contributed by atoms with van der Waals surface area (Å²) in [5, 5.41) is 0. The zero-order valence-electron chi connectivity index (χ0n) is 21.8. The summed E-state index contributed by atoms with van der Waals surface area (Å²) in [5.74, 6) is 3.73. The SMILES string of the molecule is CC(=O)c1nc2ccccc2n([C@H]2C[C@H]3CCC[C@@H](C2)N3[C@@H]2C[C@@H]3C[C@@H](C[C@H](C4CCC4)C3)C2)c1=O. The Morgan fingerprint density at radius 2 is 1.44 bits per heavy atom. The molecule has 192 valence electrons. The van der Waals surface area contributed by atoms with Gasteiger partial charge in [-0.25, -0.2) is 4.98 Å². The van der Waals surface area contributed by atoms with E-state index in [2.05, 4.69) is 9.88 Å². The van der Waals surface area contributed by atoms with Crippen molar-refractivity contribution in [1.82, 2.24) is 14.5 Å². The number of carbonyl (C=O) groups excluding carboxylic acids is 1. The van der Waals surface area contributed by atoms with Gasteiger partial charge in [0.2, 0.25) is 0 Å². The first-order chi connectivity index (χ1) is 17.5. The number of benzene rings is 1. The van der Waals surface area contributed by atoms with Gasteiger partial charge in [0.1, 0.15) is 0 Å². The number of piperidine rings is 2. The van der Waals surface area contributed by atoms with E-state index in [1.165, 1.54) is 77.6 Å². The van der Waals surface area contributed by atoms with Gasteiger partial charge < -0.3 is 4.57 Å². The molecule has 0 amide bonds. The van der Waals surface area contributed by atoms with Crippen LogP contribution in [0.25, 0.3) is 11.0 Å². The molecule has 3 heterocycles. The van der Waals surface area contributed by atoms with Crippen LogP contribution in [0.3, 0.4) is 0 Å². The van der Waals surface area contributed by atoms with Gasteiger partial charge in [-0.2, -0.15) is 0 Å². The van der Waals surface area contributed by atoms with Crippen molar-refractivity contribution in [2.75, 3.05) is 0 Å². The van der Waals surface area contributed by atoms with Gasteiger partial charge in [0.05, 0.1) is 11.0 Å². The molecule has 1 aromatic heterocycles. The third-order valence-electron chi connectivity index (χ3n) is 10.9. The first-order valence-corrected chi connectivity index (χ1v) is 14.8. The van der Waals surface area contributed by atoms with Crippen molar-refractivity contribution in [3.8, 4) is 0 Å². The number of carbonyl (C=O) groups is 1. The van der Waals surface area contributed by atoms with Crippen LogP contribution in [0, 0.1) is 23.7 Å². The lowest BCUT2D eigenvalue weighted by molar-refractivity contribution is -0.0585. The van der Waals surface area contributed by atoms with Gasteiger partial charge >= 0.3 is 0 Å². The van der Waals surface area contributed by atoms with Crippen LogP contribution in [0.1, 0.15) is 107 Å². The molecule has 5 heteroatoms. The first-order valence-electron chi connectivity index (χ1n) is 14.8. The Labute approximate surface area is 214 Å². The second kappa shape index (κ2) is 9.08. The Bertz CT molecular complexity index is 1190. The number of para-hydroxylation sites is 2. The fourth-order valence-corrected chi connectivity index (χ4v) is 9.35. The Kier molecular flexibility index (Phi) is 5.83. The lowest BCUT2D eigenvalue weighted by Gasteiger charge is -2.56. The maximum atomic E-state index is 13.5. The highest BCUT2D eigenvalue weighted by molar-refractivity contribution is 5.93. The second-order valence-corrected chi connectivity index (χ2v) is 13.0. The Hall–Kier alpha value is -2.01. The molecule has 3 aliphatic carbocycles. The van der Waals surface area contributed by atoms with E-state index < -0.39 is 0 Å². The Morgan fingerprint density at radius 3 is 2.08 bits per heavy atom. The average molecular weight is 488 g/mol. The van der Waals surface area contributed by atoms with Crippen LogP contribution in [0.15, 0.2) is 29.1 Å². The molecular formula is C31H41N3O2. The summed E-state index contributed by atoms with van der Waals surface area (Å²) in [6, 6.07) is 9.90. The zero-order chi connectivity index (χ0) is 24.4. The lowest BCUT2D eigenvalue weighted by Crippen LogP contribution is -2.59. The molecule has 0 unspecified atom stereocenters. The number of hydrogen-bond acceptors (Lipinski definition) is 4. The van der Waals surface area contributed by atoms with Crippen molar-refractivity contribution < 1.29 is 4.79 Å². The highest BCUT2D eigenvalue weighted by Gasteiger charge is 2.47. The number of fused-ring (bicyclic) bond motifs is 5. The van der Waals surface area contributed by atoms with Crippen molar-refractivity contribution in [3.05, 3.63) is 40.3 Å². The Morgan fingerprint density at radius 1 is 0.778 bits per heavy atom. The number of nitrogens with zero attached hydrogens (tertiary/aromatic N) is 3. The van der Waals surface area contributed by atoms with E-state index in [-0.39, 0.29) is 23.1 Å². The van der Waals surface area contributed by atoms with E-state index in [9.17, 15) is 9.59 Å². The van der Waals surface area contributed by atoms with E-state index in [0.29, 0.717) is 12.1 Å². The van der Waals surface area contributed by atoms with Gasteiger partial charge in [0.25, 0.3) is 5.56 Å². The van der Waals surface area contributed by atoms with Crippen molar-refractivity contribution in [2.24, 2.45) is 23.7 Å². The summed E-state index contributed by atoms with van der Waals surface area (Å²) in [5.41, 5.74) is 1.56. The molecule has 0 N–H and O–H groups in total. The molecule has 5 aliphatic rings.